The second kappa shape index (κ2) is 8.79. The first-order chi connectivity index (χ1) is 14.0. The summed E-state index contributed by atoms with van der Waals surface area (Å²) in [5, 5.41) is 13.5. The van der Waals surface area contributed by atoms with Gasteiger partial charge in [-0.05, 0) is 30.3 Å². The van der Waals surface area contributed by atoms with E-state index in [0.29, 0.717) is 17.3 Å². The summed E-state index contributed by atoms with van der Waals surface area (Å²) in [6.07, 6.45) is 0. The molecule has 9 heteroatoms. The highest BCUT2D eigenvalue weighted by Crippen LogP contribution is 2.30. The topological polar surface area (TPSA) is 113 Å². The van der Waals surface area contributed by atoms with Gasteiger partial charge in [0.15, 0.2) is 17.3 Å². The summed E-state index contributed by atoms with van der Waals surface area (Å²) in [7, 11) is 2.90. The van der Waals surface area contributed by atoms with Crippen molar-refractivity contribution >= 4 is 17.3 Å². The van der Waals surface area contributed by atoms with Gasteiger partial charge in [-0.2, -0.15) is 0 Å². The molecule has 0 radical (unpaired) electrons. The fourth-order valence-corrected chi connectivity index (χ4v) is 2.55. The number of carbonyl (C=O) groups is 1. The number of furan rings is 1. The minimum atomic E-state index is -0.547. The molecule has 2 aromatic carbocycles. The van der Waals surface area contributed by atoms with Crippen molar-refractivity contribution in [2.75, 3.05) is 19.5 Å². The van der Waals surface area contributed by atoms with Crippen molar-refractivity contribution in [2.45, 2.75) is 6.61 Å². The molecule has 1 aromatic heterocycles. The van der Waals surface area contributed by atoms with Gasteiger partial charge in [0.05, 0.1) is 30.9 Å². The Bertz CT molecular complexity index is 1030. The van der Waals surface area contributed by atoms with Crippen molar-refractivity contribution in [2.24, 2.45) is 0 Å². The monoisotopic (exact) mass is 398 g/mol. The van der Waals surface area contributed by atoms with E-state index in [1.807, 2.05) is 12.1 Å². The fourth-order valence-electron chi connectivity index (χ4n) is 2.55. The summed E-state index contributed by atoms with van der Waals surface area (Å²) >= 11 is 0. The minimum Gasteiger partial charge on any atom is -0.494 e. The number of hydrogen-bond acceptors (Lipinski definition) is 7. The molecule has 0 unspecified atom stereocenters. The maximum absolute atomic E-state index is 12.4. The van der Waals surface area contributed by atoms with Gasteiger partial charge in [-0.1, -0.05) is 12.1 Å². The summed E-state index contributed by atoms with van der Waals surface area (Å²) in [4.78, 5) is 22.7. The molecule has 0 fully saturated rings. The van der Waals surface area contributed by atoms with Gasteiger partial charge < -0.3 is 23.9 Å². The van der Waals surface area contributed by atoms with Crippen LogP contribution in [0.2, 0.25) is 0 Å². The Labute approximate surface area is 166 Å². The predicted octanol–water partition coefficient (Wildman–Crippen LogP) is 4.04. The number of benzene rings is 2. The van der Waals surface area contributed by atoms with Gasteiger partial charge in [-0.3, -0.25) is 14.9 Å². The van der Waals surface area contributed by atoms with Crippen molar-refractivity contribution in [3.63, 3.8) is 0 Å². The van der Waals surface area contributed by atoms with Gasteiger partial charge >= 0.3 is 0 Å². The van der Waals surface area contributed by atoms with Gasteiger partial charge in [0.1, 0.15) is 18.1 Å². The zero-order valence-corrected chi connectivity index (χ0v) is 15.7. The Morgan fingerprint density at radius 1 is 1.03 bits per heavy atom. The maximum atomic E-state index is 12.4. The quantitative estimate of drug-likeness (QED) is 0.450. The maximum Gasteiger partial charge on any atom is 0.291 e. The third-order valence-corrected chi connectivity index (χ3v) is 3.97. The highest BCUT2D eigenvalue weighted by molar-refractivity contribution is 6.03. The molecule has 9 nitrogen and oxygen atoms in total. The van der Waals surface area contributed by atoms with Crippen LogP contribution in [0.3, 0.4) is 0 Å². The van der Waals surface area contributed by atoms with Crippen LogP contribution < -0.4 is 19.5 Å². The van der Waals surface area contributed by atoms with Gasteiger partial charge in [0.2, 0.25) is 0 Å². The molecule has 0 saturated carbocycles. The Kier molecular flexibility index (Phi) is 5.98. The number of anilines is 1. The molecule has 0 aliphatic carbocycles. The van der Waals surface area contributed by atoms with Crippen LogP contribution in [-0.4, -0.2) is 25.1 Å². The fraction of sp³-hybridized carbons (Fsp3) is 0.150. The molecule has 0 bridgehead atoms. The van der Waals surface area contributed by atoms with E-state index in [1.165, 1.54) is 31.4 Å². The lowest BCUT2D eigenvalue weighted by atomic mass is 10.2. The Balaban J connectivity index is 1.67. The normalized spacial score (nSPS) is 10.3. The molecule has 1 N–H and O–H groups in total. The van der Waals surface area contributed by atoms with Crippen LogP contribution in [0.5, 0.6) is 17.2 Å². The highest BCUT2D eigenvalue weighted by Gasteiger charge is 2.17. The molecular weight excluding hydrogens is 380 g/mol. The van der Waals surface area contributed by atoms with Crippen molar-refractivity contribution in [1.29, 1.82) is 0 Å². The van der Waals surface area contributed by atoms with E-state index in [9.17, 15) is 14.9 Å². The van der Waals surface area contributed by atoms with E-state index in [4.69, 9.17) is 18.6 Å². The first-order valence-corrected chi connectivity index (χ1v) is 8.50. The minimum absolute atomic E-state index is 0.0593. The van der Waals surface area contributed by atoms with Crippen LogP contribution in [0.4, 0.5) is 11.4 Å². The van der Waals surface area contributed by atoms with E-state index < -0.39 is 10.8 Å². The zero-order chi connectivity index (χ0) is 20.8. The van der Waals surface area contributed by atoms with E-state index in [-0.39, 0.29) is 29.5 Å². The third kappa shape index (κ3) is 4.64. The summed E-state index contributed by atoms with van der Waals surface area (Å²) in [5.74, 6) is 1.27. The van der Waals surface area contributed by atoms with Crippen LogP contribution in [0.25, 0.3) is 0 Å². The van der Waals surface area contributed by atoms with Crippen molar-refractivity contribution in [3.8, 4) is 17.2 Å². The lowest BCUT2D eigenvalue weighted by Crippen LogP contribution is -2.12. The molecule has 29 heavy (non-hydrogen) atoms. The molecule has 0 aliphatic heterocycles. The van der Waals surface area contributed by atoms with Gasteiger partial charge in [0.25, 0.3) is 11.6 Å². The number of nitro groups is 1. The van der Waals surface area contributed by atoms with Crippen LogP contribution in [0.15, 0.2) is 59.0 Å². The molecule has 1 amide bonds. The molecule has 0 saturated heterocycles. The molecule has 3 rings (SSSR count). The number of ether oxygens (including phenoxy) is 3. The van der Waals surface area contributed by atoms with E-state index in [1.54, 1.807) is 25.3 Å². The first kappa shape index (κ1) is 19.7. The molecule has 1 heterocycles. The Hall–Kier alpha value is -4.01. The zero-order valence-electron chi connectivity index (χ0n) is 15.7. The van der Waals surface area contributed by atoms with Crippen molar-refractivity contribution < 1.29 is 28.3 Å². The van der Waals surface area contributed by atoms with E-state index >= 15 is 0 Å². The van der Waals surface area contributed by atoms with Gasteiger partial charge in [-0.25, -0.2) is 0 Å². The lowest BCUT2D eigenvalue weighted by molar-refractivity contribution is -0.384. The first-order valence-electron chi connectivity index (χ1n) is 8.50. The summed E-state index contributed by atoms with van der Waals surface area (Å²) < 4.78 is 21.5. The Morgan fingerprint density at radius 2 is 1.76 bits per heavy atom. The van der Waals surface area contributed by atoms with Crippen LogP contribution in [0, 0.1) is 10.1 Å². The molecule has 3 aromatic rings. The second-order valence-corrected chi connectivity index (χ2v) is 5.80. The number of rotatable bonds is 8. The number of nitrogens with one attached hydrogen (secondary N) is 1. The number of para-hydroxylation sites is 2. The highest BCUT2D eigenvalue weighted by atomic mass is 16.6. The van der Waals surface area contributed by atoms with Crippen molar-refractivity contribution in [1.82, 2.24) is 0 Å². The SMILES string of the molecule is COc1cc([N+](=O)[O-])ccc1NC(=O)c1ccc(COc2ccccc2OC)o1. The number of hydrogen-bond donors (Lipinski definition) is 1. The summed E-state index contributed by atoms with van der Waals surface area (Å²) in [6.45, 7) is 0.106. The van der Waals surface area contributed by atoms with Crippen LogP contribution in [-0.2, 0) is 6.61 Å². The number of methoxy groups -OCH3 is 2. The van der Waals surface area contributed by atoms with E-state index in [0.717, 1.165) is 0 Å². The number of nitro benzene ring substituents is 1. The second-order valence-electron chi connectivity index (χ2n) is 5.80. The number of carbonyl (C=O) groups excluding carboxylic acids is 1. The smallest absolute Gasteiger partial charge is 0.291 e. The average molecular weight is 398 g/mol. The van der Waals surface area contributed by atoms with E-state index in [2.05, 4.69) is 5.32 Å². The van der Waals surface area contributed by atoms with Gasteiger partial charge in [-0.15, -0.1) is 0 Å². The van der Waals surface area contributed by atoms with Gasteiger partial charge in [0, 0.05) is 6.07 Å². The molecule has 0 aliphatic rings. The largest absolute Gasteiger partial charge is 0.494 e. The third-order valence-electron chi connectivity index (χ3n) is 3.97. The summed E-state index contributed by atoms with van der Waals surface area (Å²) in [6, 6.07) is 14.2. The van der Waals surface area contributed by atoms with Crippen molar-refractivity contribution in [3.05, 3.63) is 76.2 Å². The molecule has 150 valence electrons. The number of amides is 1. The average Bonchev–Trinajstić information content (AvgIpc) is 3.21. The number of non-ortho nitro benzene ring substituents is 1. The molecule has 0 spiro atoms. The lowest BCUT2D eigenvalue weighted by Gasteiger charge is -2.09. The Morgan fingerprint density at radius 3 is 2.45 bits per heavy atom. The number of nitrogens with zero attached hydrogens (tertiary/aromatic N) is 1. The van der Waals surface area contributed by atoms with Crippen LogP contribution >= 0.6 is 0 Å². The molecule has 0 atom stereocenters. The molecular formula is C20H18N2O7. The summed E-state index contributed by atoms with van der Waals surface area (Å²) in [5.41, 5.74) is 0.139. The standard InChI is InChI=1S/C20H18N2O7/c1-26-16-5-3-4-6-17(16)28-12-14-8-10-18(29-14)20(23)21-15-9-7-13(22(24)25)11-19(15)27-2/h3-11H,12H2,1-2H3,(H,21,23). The predicted molar refractivity (Wildman–Crippen MR) is 104 cm³/mol. The van der Waals surface area contributed by atoms with Crippen LogP contribution in [0.1, 0.15) is 16.3 Å².